The Kier molecular flexibility index (Phi) is 5.81. The van der Waals surface area contributed by atoms with E-state index in [1.807, 2.05) is 19.9 Å². The third-order valence-electron chi connectivity index (χ3n) is 5.15. The zero-order valence-electron chi connectivity index (χ0n) is 18.1. The summed E-state index contributed by atoms with van der Waals surface area (Å²) in [6.07, 6.45) is 3.28. The van der Waals surface area contributed by atoms with E-state index in [1.165, 1.54) is 4.90 Å². The van der Waals surface area contributed by atoms with Crippen molar-refractivity contribution < 1.29 is 23.8 Å². The molecule has 0 radical (unpaired) electrons. The molecule has 3 heterocycles. The van der Waals surface area contributed by atoms with E-state index in [0.717, 1.165) is 5.56 Å². The van der Waals surface area contributed by atoms with Crippen molar-refractivity contribution in [1.29, 1.82) is 0 Å². The quantitative estimate of drug-likeness (QED) is 0.353. The first-order valence-electron chi connectivity index (χ1n) is 10.4. The summed E-state index contributed by atoms with van der Waals surface area (Å²) in [6, 6.07) is 13.0. The normalized spacial score (nSPS) is 17.9. The average Bonchev–Trinajstić information content (AvgIpc) is 3.30. The second kappa shape index (κ2) is 8.70. The molecule has 7 nitrogen and oxygen atoms in total. The first-order valence-corrected chi connectivity index (χ1v) is 10.4. The van der Waals surface area contributed by atoms with Crippen molar-refractivity contribution in [2.45, 2.75) is 39.5 Å². The molecule has 0 spiro atoms. The molecule has 0 bridgehead atoms. The number of amides is 1. The van der Waals surface area contributed by atoms with Gasteiger partial charge in [-0.15, -0.1) is 0 Å². The van der Waals surface area contributed by atoms with Crippen molar-refractivity contribution in [2.24, 2.45) is 0 Å². The van der Waals surface area contributed by atoms with E-state index in [1.54, 1.807) is 61.8 Å². The standard InChI is InChI=1S/C25H24N2O5/c1-15(2)31-19-9-7-18(8-10-19)23(28)21-22(20-11-6-16(3)32-20)27(25(30)24(21)29)14-17-5-4-12-26-13-17/h4-13,15,22,28H,14H2,1-3H3/b23-21-. The van der Waals surface area contributed by atoms with Crippen LogP contribution in [0.3, 0.4) is 0 Å². The lowest BCUT2D eigenvalue weighted by atomic mass is 9.99. The van der Waals surface area contributed by atoms with Gasteiger partial charge >= 0.3 is 0 Å². The fraction of sp³-hybridized carbons (Fsp3) is 0.240. The molecule has 0 aliphatic carbocycles. The predicted molar refractivity (Wildman–Crippen MR) is 118 cm³/mol. The summed E-state index contributed by atoms with van der Waals surface area (Å²) in [5.74, 6) is -0.0183. The molecule has 1 unspecified atom stereocenters. The minimum Gasteiger partial charge on any atom is -0.507 e. The molecular weight excluding hydrogens is 408 g/mol. The predicted octanol–water partition coefficient (Wildman–Crippen LogP) is 4.39. The van der Waals surface area contributed by atoms with E-state index in [4.69, 9.17) is 9.15 Å². The Morgan fingerprint density at radius 3 is 2.50 bits per heavy atom. The number of furan rings is 1. The molecule has 1 N–H and O–H groups in total. The number of aryl methyl sites for hydroxylation is 1. The molecule has 1 amide bonds. The number of aromatic nitrogens is 1. The highest BCUT2D eigenvalue weighted by Crippen LogP contribution is 2.41. The molecule has 3 aromatic rings. The zero-order chi connectivity index (χ0) is 22.8. The Hall–Kier alpha value is -3.87. The van der Waals surface area contributed by atoms with Gasteiger partial charge in [-0.2, -0.15) is 0 Å². The van der Waals surface area contributed by atoms with Crippen LogP contribution in [0.2, 0.25) is 0 Å². The first-order chi connectivity index (χ1) is 15.3. The van der Waals surface area contributed by atoms with Crippen molar-refractivity contribution >= 4 is 17.4 Å². The van der Waals surface area contributed by atoms with Gasteiger partial charge in [-0.3, -0.25) is 14.6 Å². The molecule has 7 heteroatoms. The van der Waals surface area contributed by atoms with Crippen LogP contribution < -0.4 is 4.74 Å². The van der Waals surface area contributed by atoms with E-state index >= 15 is 0 Å². The van der Waals surface area contributed by atoms with Crippen molar-refractivity contribution in [1.82, 2.24) is 9.88 Å². The van der Waals surface area contributed by atoms with E-state index in [0.29, 0.717) is 22.8 Å². The van der Waals surface area contributed by atoms with Gasteiger partial charge in [0.2, 0.25) is 0 Å². The maximum atomic E-state index is 13.0. The van der Waals surface area contributed by atoms with Crippen molar-refractivity contribution in [2.75, 3.05) is 0 Å². The lowest BCUT2D eigenvalue weighted by Gasteiger charge is -2.23. The summed E-state index contributed by atoms with van der Waals surface area (Å²) in [6.45, 7) is 5.77. The molecular formula is C25H24N2O5. The van der Waals surface area contributed by atoms with E-state index in [9.17, 15) is 14.7 Å². The number of rotatable bonds is 6. The van der Waals surface area contributed by atoms with Crippen LogP contribution in [-0.2, 0) is 16.1 Å². The molecule has 164 valence electrons. The van der Waals surface area contributed by atoms with Gasteiger partial charge in [0, 0.05) is 24.5 Å². The molecule has 1 saturated heterocycles. The Morgan fingerprint density at radius 2 is 1.91 bits per heavy atom. The van der Waals surface area contributed by atoms with Crippen molar-refractivity contribution in [3.05, 3.63) is 89.1 Å². The van der Waals surface area contributed by atoms with Crippen molar-refractivity contribution in [3.8, 4) is 5.75 Å². The number of ether oxygens (including phenoxy) is 1. The van der Waals surface area contributed by atoms with Gasteiger partial charge < -0.3 is 19.2 Å². The minimum absolute atomic E-state index is 0.00855. The third kappa shape index (κ3) is 4.14. The highest BCUT2D eigenvalue weighted by molar-refractivity contribution is 6.46. The molecule has 1 aliphatic heterocycles. The molecule has 1 atom stereocenters. The number of carbonyl (C=O) groups excluding carboxylic acids is 2. The highest BCUT2D eigenvalue weighted by Gasteiger charge is 2.47. The van der Waals surface area contributed by atoms with Crippen LogP contribution in [0.15, 0.2) is 70.9 Å². The molecule has 32 heavy (non-hydrogen) atoms. The van der Waals surface area contributed by atoms with Crippen LogP contribution >= 0.6 is 0 Å². The second-order valence-corrected chi connectivity index (χ2v) is 7.93. The number of aliphatic hydroxyl groups is 1. The number of pyridine rings is 1. The summed E-state index contributed by atoms with van der Waals surface area (Å²) in [5.41, 5.74) is 1.16. The summed E-state index contributed by atoms with van der Waals surface area (Å²) < 4.78 is 11.4. The smallest absolute Gasteiger partial charge is 0.296 e. The minimum atomic E-state index is -0.851. The van der Waals surface area contributed by atoms with Gasteiger partial charge in [-0.1, -0.05) is 6.07 Å². The van der Waals surface area contributed by atoms with Crippen LogP contribution in [0, 0.1) is 6.92 Å². The SMILES string of the molecule is Cc1ccc(C2/C(=C(/O)c3ccc(OC(C)C)cc3)C(=O)C(=O)N2Cc2cccnc2)o1. The van der Waals surface area contributed by atoms with Gasteiger partial charge in [0.05, 0.1) is 11.7 Å². The van der Waals surface area contributed by atoms with Crippen LogP contribution in [0.1, 0.15) is 42.5 Å². The number of carbonyl (C=O) groups is 2. The Morgan fingerprint density at radius 1 is 1.16 bits per heavy atom. The second-order valence-electron chi connectivity index (χ2n) is 7.93. The van der Waals surface area contributed by atoms with E-state index in [2.05, 4.69) is 4.98 Å². The van der Waals surface area contributed by atoms with Crippen LogP contribution in [-0.4, -0.2) is 32.8 Å². The van der Waals surface area contributed by atoms with Crippen LogP contribution in [0.25, 0.3) is 5.76 Å². The van der Waals surface area contributed by atoms with Crippen molar-refractivity contribution in [3.63, 3.8) is 0 Å². The maximum Gasteiger partial charge on any atom is 0.296 e. The number of nitrogens with zero attached hydrogens (tertiary/aromatic N) is 2. The van der Waals surface area contributed by atoms with Gasteiger partial charge in [-0.05, 0) is 68.8 Å². The summed E-state index contributed by atoms with van der Waals surface area (Å²) in [7, 11) is 0. The number of hydrogen-bond acceptors (Lipinski definition) is 6. The Bertz CT molecular complexity index is 1160. The van der Waals surface area contributed by atoms with E-state index < -0.39 is 17.7 Å². The summed E-state index contributed by atoms with van der Waals surface area (Å²) in [4.78, 5) is 31.5. The van der Waals surface area contributed by atoms with E-state index in [-0.39, 0.29) is 24.0 Å². The number of ketones is 1. The Labute approximate surface area is 186 Å². The number of aliphatic hydroxyl groups excluding tert-OH is 1. The lowest BCUT2D eigenvalue weighted by Crippen LogP contribution is -2.29. The summed E-state index contributed by atoms with van der Waals surface area (Å²) in [5, 5.41) is 11.1. The number of Topliss-reactive ketones (excluding diaryl/α,β-unsaturated/α-hetero) is 1. The first kappa shape index (κ1) is 21.4. The third-order valence-corrected chi connectivity index (χ3v) is 5.15. The summed E-state index contributed by atoms with van der Waals surface area (Å²) >= 11 is 0. The molecule has 2 aromatic heterocycles. The lowest BCUT2D eigenvalue weighted by molar-refractivity contribution is -0.140. The average molecular weight is 432 g/mol. The topological polar surface area (TPSA) is 92.9 Å². The maximum absolute atomic E-state index is 13.0. The molecule has 4 rings (SSSR count). The molecule has 0 saturated carbocycles. The van der Waals surface area contributed by atoms with Crippen LogP contribution in [0.5, 0.6) is 5.75 Å². The van der Waals surface area contributed by atoms with Gasteiger partial charge in [0.1, 0.15) is 29.1 Å². The monoisotopic (exact) mass is 432 g/mol. The Balaban J connectivity index is 1.78. The van der Waals surface area contributed by atoms with Crippen LogP contribution in [0.4, 0.5) is 0 Å². The molecule has 1 fully saturated rings. The molecule has 1 aliphatic rings. The largest absolute Gasteiger partial charge is 0.507 e. The highest BCUT2D eigenvalue weighted by atomic mass is 16.5. The zero-order valence-corrected chi connectivity index (χ0v) is 18.1. The molecule has 1 aromatic carbocycles. The number of hydrogen-bond donors (Lipinski definition) is 1. The fourth-order valence-corrected chi connectivity index (χ4v) is 3.75. The number of benzene rings is 1. The fourth-order valence-electron chi connectivity index (χ4n) is 3.75. The number of likely N-dealkylation sites (tertiary alicyclic amines) is 1. The van der Waals surface area contributed by atoms with Gasteiger partial charge in [0.25, 0.3) is 11.7 Å². The van der Waals surface area contributed by atoms with Gasteiger partial charge in [0.15, 0.2) is 0 Å². The van der Waals surface area contributed by atoms with Gasteiger partial charge in [-0.25, -0.2) is 0 Å².